The molecule has 0 aromatic heterocycles. The summed E-state index contributed by atoms with van der Waals surface area (Å²) in [6, 6.07) is 0. The summed E-state index contributed by atoms with van der Waals surface area (Å²) in [6.07, 6.45) is 3.08. The molecule has 0 rings (SSSR count). The Labute approximate surface area is 70.8 Å². The van der Waals surface area contributed by atoms with E-state index in [0.717, 1.165) is 19.3 Å². The van der Waals surface area contributed by atoms with Crippen LogP contribution in [0.3, 0.4) is 0 Å². The van der Waals surface area contributed by atoms with Crippen LogP contribution in [0.25, 0.3) is 0 Å². The zero-order valence-electron chi connectivity index (χ0n) is 8.30. The van der Waals surface area contributed by atoms with Crippen molar-refractivity contribution in [3.63, 3.8) is 0 Å². The number of aliphatic hydroxyl groups excluding tert-OH is 1. The lowest BCUT2D eigenvalue weighted by atomic mass is 9.91. The summed E-state index contributed by atoms with van der Waals surface area (Å²) in [4.78, 5) is 0. The molecule has 1 atom stereocenters. The maximum Gasteiger partial charge on any atom is 0.0570 e. The van der Waals surface area contributed by atoms with Gasteiger partial charge in [-0.15, -0.1) is 0 Å². The topological polar surface area (TPSA) is 20.2 Å². The molecule has 0 bridgehead atoms. The quantitative estimate of drug-likeness (QED) is 0.652. The van der Waals surface area contributed by atoms with Crippen molar-refractivity contribution in [2.75, 3.05) is 0 Å². The third-order valence-corrected chi connectivity index (χ3v) is 2.31. The van der Waals surface area contributed by atoms with E-state index in [2.05, 4.69) is 27.7 Å². The molecule has 0 aromatic carbocycles. The van der Waals surface area contributed by atoms with Crippen LogP contribution in [-0.4, -0.2) is 11.2 Å². The molecule has 0 fully saturated rings. The van der Waals surface area contributed by atoms with Crippen molar-refractivity contribution in [3.05, 3.63) is 0 Å². The average molecular weight is 158 g/mol. The van der Waals surface area contributed by atoms with Gasteiger partial charge in [-0.1, -0.05) is 40.5 Å². The largest absolute Gasteiger partial charge is 0.393 e. The Kier molecular flexibility index (Phi) is 5.57. The zero-order chi connectivity index (χ0) is 8.85. The smallest absolute Gasteiger partial charge is 0.0570 e. The first-order valence-corrected chi connectivity index (χ1v) is 4.79. The van der Waals surface area contributed by atoms with Crippen LogP contribution >= 0.6 is 0 Å². The van der Waals surface area contributed by atoms with E-state index in [-0.39, 0.29) is 6.10 Å². The highest BCUT2D eigenvalue weighted by Gasteiger charge is 2.15. The van der Waals surface area contributed by atoms with Gasteiger partial charge >= 0.3 is 0 Å². The van der Waals surface area contributed by atoms with Crippen LogP contribution in [0.2, 0.25) is 0 Å². The molecule has 0 aliphatic carbocycles. The highest BCUT2D eigenvalue weighted by molar-refractivity contribution is 4.67. The Morgan fingerprint density at radius 2 is 1.55 bits per heavy atom. The lowest BCUT2D eigenvalue weighted by Crippen LogP contribution is -2.20. The Morgan fingerprint density at radius 1 is 1.09 bits per heavy atom. The second-order valence-corrected chi connectivity index (χ2v) is 3.77. The van der Waals surface area contributed by atoms with E-state index in [4.69, 9.17) is 0 Å². The molecule has 0 radical (unpaired) electrons. The van der Waals surface area contributed by atoms with Crippen molar-refractivity contribution in [2.24, 2.45) is 11.8 Å². The molecule has 0 spiro atoms. The van der Waals surface area contributed by atoms with E-state index in [1.165, 1.54) is 0 Å². The third kappa shape index (κ3) is 4.41. The summed E-state index contributed by atoms with van der Waals surface area (Å²) in [5.41, 5.74) is 0. The highest BCUT2D eigenvalue weighted by atomic mass is 16.3. The molecule has 0 amide bonds. The first kappa shape index (κ1) is 11.0. The van der Waals surface area contributed by atoms with Crippen LogP contribution in [0.15, 0.2) is 0 Å². The minimum absolute atomic E-state index is 0.0787. The number of aliphatic hydroxyl groups is 1. The lowest BCUT2D eigenvalue weighted by Gasteiger charge is -2.21. The molecule has 0 aliphatic rings. The summed E-state index contributed by atoms with van der Waals surface area (Å²) >= 11 is 0. The summed E-state index contributed by atoms with van der Waals surface area (Å²) in [7, 11) is 0. The molecule has 0 aromatic rings. The van der Waals surface area contributed by atoms with Crippen molar-refractivity contribution in [3.8, 4) is 0 Å². The number of hydrogen-bond acceptors (Lipinski definition) is 1. The summed E-state index contributed by atoms with van der Waals surface area (Å²) < 4.78 is 0. The van der Waals surface area contributed by atoms with Crippen molar-refractivity contribution in [2.45, 2.75) is 53.1 Å². The maximum atomic E-state index is 9.68. The molecule has 68 valence electrons. The van der Waals surface area contributed by atoms with E-state index >= 15 is 0 Å². The molecule has 1 heteroatoms. The molecule has 0 saturated carbocycles. The van der Waals surface area contributed by atoms with Crippen molar-refractivity contribution in [1.29, 1.82) is 0 Å². The Morgan fingerprint density at radius 3 is 1.82 bits per heavy atom. The van der Waals surface area contributed by atoms with Gasteiger partial charge < -0.3 is 5.11 Å². The average Bonchev–Trinajstić information content (AvgIpc) is 1.88. The molecule has 1 N–H and O–H groups in total. The van der Waals surface area contributed by atoms with E-state index in [9.17, 15) is 5.11 Å². The fourth-order valence-electron chi connectivity index (χ4n) is 1.51. The van der Waals surface area contributed by atoms with Crippen molar-refractivity contribution in [1.82, 2.24) is 0 Å². The van der Waals surface area contributed by atoms with Crippen LogP contribution in [0.1, 0.15) is 47.0 Å². The first-order chi connectivity index (χ1) is 5.11. The van der Waals surface area contributed by atoms with E-state index in [0.29, 0.717) is 11.8 Å². The summed E-state index contributed by atoms with van der Waals surface area (Å²) in [5, 5.41) is 9.68. The molecule has 1 nitrogen and oxygen atoms in total. The predicted octanol–water partition coefficient (Wildman–Crippen LogP) is 2.83. The zero-order valence-corrected chi connectivity index (χ0v) is 8.30. The van der Waals surface area contributed by atoms with Crippen LogP contribution in [0.4, 0.5) is 0 Å². The Bertz CT molecular complexity index is 84.9. The summed E-state index contributed by atoms with van der Waals surface area (Å²) in [5.74, 6) is 1.13. The monoisotopic (exact) mass is 158 g/mol. The molecule has 11 heavy (non-hydrogen) atoms. The Balaban J connectivity index is 3.68. The van der Waals surface area contributed by atoms with Gasteiger partial charge in [0.1, 0.15) is 0 Å². The van der Waals surface area contributed by atoms with Gasteiger partial charge in [0.05, 0.1) is 6.10 Å². The second-order valence-electron chi connectivity index (χ2n) is 3.77. The number of rotatable bonds is 5. The molecule has 0 heterocycles. The second kappa shape index (κ2) is 5.59. The molecular weight excluding hydrogens is 136 g/mol. The molecule has 0 saturated heterocycles. The van der Waals surface area contributed by atoms with Crippen LogP contribution < -0.4 is 0 Å². The van der Waals surface area contributed by atoms with E-state index in [1.807, 2.05) is 0 Å². The van der Waals surface area contributed by atoms with Gasteiger partial charge in [-0.3, -0.25) is 0 Å². The first-order valence-electron chi connectivity index (χ1n) is 4.79. The normalized spacial score (nSPS) is 14.5. The van der Waals surface area contributed by atoms with E-state index < -0.39 is 0 Å². The van der Waals surface area contributed by atoms with Crippen LogP contribution in [0, 0.1) is 11.8 Å². The minimum atomic E-state index is -0.0787. The number of hydrogen-bond donors (Lipinski definition) is 1. The van der Waals surface area contributed by atoms with Gasteiger partial charge in [0.25, 0.3) is 0 Å². The van der Waals surface area contributed by atoms with Gasteiger partial charge in [-0.05, 0) is 18.3 Å². The molecule has 0 aliphatic heterocycles. The van der Waals surface area contributed by atoms with Gasteiger partial charge in [0.2, 0.25) is 0 Å². The molecular formula is C10H22O. The molecule has 1 unspecified atom stereocenters. The standard InChI is InChI=1S/C10H22O/c1-5-9(6-2)10(11)7-8(3)4/h8-11H,5-7H2,1-4H3. The van der Waals surface area contributed by atoms with Gasteiger partial charge in [-0.25, -0.2) is 0 Å². The Hall–Kier alpha value is -0.0400. The summed E-state index contributed by atoms with van der Waals surface area (Å²) in [6.45, 7) is 8.62. The lowest BCUT2D eigenvalue weighted by molar-refractivity contribution is 0.0822. The highest BCUT2D eigenvalue weighted by Crippen LogP contribution is 2.18. The predicted molar refractivity (Wildman–Crippen MR) is 49.5 cm³/mol. The fourth-order valence-corrected chi connectivity index (χ4v) is 1.51. The van der Waals surface area contributed by atoms with Gasteiger partial charge in [0.15, 0.2) is 0 Å². The van der Waals surface area contributed by atoms with Crippen molar-refractivity contribution >= 4 is 0 Å². The minimum Gasteiger partial charge on any atom is -0.393 e. The van der Waals surface area contributed by atoms with Crippen molar-refractivity contribution < 1.29 is 5.11 Å². The van der Waals surface area contributed by atoms with E-state index in [1.54, 1.807) is 0 Å². The maximum absolute atomic E-state index is 9.68. The van der Waals surface area contributed by atoms with Gasteiger partial charge in [-0.2, -0.15) is 0 Å². The fraction of sp³-hybridized carbons (Fsp3) is 1.00. The van der Waals surface area contributed by atoms with Crippen LogP contribution in [-0.2, 0) is 0 Å². The van der Waals surface area contributed by atoms with Gasteiger partial charge in [0, 0.05) is 0 Å². The van der Waals surface area contributed by atoms with Crippen LogP contribution in [0.5, 0.6) is 0 Å². The SMILES string of the molecule is CCC(CC)C(O)CC(C)C. The third-order valence-electron chi connectivity index (χ3n) is 2.31.